The molecular formula is C12H10N4O2. The highest BCUT2D eigenvalue weighted by Gasteiger charge is 2.09. The number of carboxylic acid groups (broad SMARTS) is 1. The predicted octanol–water partition coefficient (Wildman–Crippen LogP) is 1.07. The molecule has 18 heavy (non-hydrogen) atoms. The fraction of sp³-hybridized carbons (Fsp3) is 0.167. The summed E-state index contributed by atoms with van der Waals surface area (Å²) in [5.74, 6) is -0.869. The summed E-state index contributed by atoms with van der Waals surface area (Å²) in [6, 6.07) is 8.89. The van der Waals surface area contributed by atoms with Crippen molar-refractivity contribution >= 4 is 5.97 Å². The first kappa shape index (κ1) is 11.8. The average Bonchev–Trinajstić information content (AvgIpc) is 2.71. The Hall–Kier alpha value is -2.68. The van der Waals surface area contributed by atoms with E-state index >= 15 is 0 Å². The third-order valence-corrected chi connectivity index (χ3v) is 2.54. The van der Waals surface area contributed by atoms with Crippen molar-refractivity contribution < 1.29 is 9.90 Å². The van der Waals surface area contributed by atoms with Gasteiger partial charge in [-0.05, 0) is 24.6 Å². The number of nitriles is 1. The Bertz CT molecular complexity index is 623. The van der Waals surface area contributed by atoms with Gasteiger partial charge in [0, 0.05) is 0 Å². The van der Waals surface area contributed by atoms with Crippen LogP contribution in [0, 0.1) is 18.3 Å². The second-order valence-corrected chi connectivity index (χ2v) is 3.78. The van der Waals surface area contributed by atoms with Crippen LogP contribution in [0.15, 0.2) is 24.3 Å². The van der Waals surface area contributed by atoms with E-state index in [0.29, 0.717) is 11.3 Å². The van der Waals surface area contributed by atoms with E-state index in [4.69, 9.17) is 10.4 Å². The molecule has 90 valence electrons. The normalized spacial score (nSPS) is 10.0. The first-order valence-corrected chi connectivity index (χ1v) is 5.25. The van der Waals surface area contributed by atoms with E-state index in [1.165, 1.54) is 0 Å². The van der Waals surface area contributed by atoms with Crippen LogP contribution in [-0.4, -0.2) is 26.1 Å². The molecule has 1 aromatic carbocycles. The van der Waals surface area contributed by atoms with Gasteiger partial charge in [-0.2, -0.15) is 5.26 Å². The maximum absolute atomic E-state index is 10.6. The lowest BCUT2D eigenvalue weighted by Crippen LogP contribution is -2.02. The summed E-state index contributed by atoms with van der Waals surface area (Å²) in [5.41, 5.74) is 2.40. The summed E-state index contributed by atoms with van der Waals surface area (Å²) < 4.78 is 1.54. The Morgan fingerprint density at radius 2 is 2.11 bits per heavy atom. The molecule has 1 aromatic heterocycles. The molecule has 0 bridgehead atoms. The predicted molar refractivity (Wildman–Crippen MR) is 62.2 cm³/mol. The Morgan fingerprint density at radius 1 is 1.44 bits per heavy atom. The van der Waals surface area contributed by atoms with Crippen LogP contribution >= 0.6 is 0 Å². The van der Waals surface area contributed by atoms with E-state index in [1.54, 1.807) is 35.9 Å². The monoisotopic (exact) mass is 242 g/mol. The highest BCUT2D eigenvalue weighted by atomic mass is 16.4. The summed E-state index contributed by atoms with van der Waals surface area (Å²) in [6.45, 7) is 1.75. The summed E-state index contributed by atoms with van der Waals surface area (Å²) in [7, 11) is 0. The second kappa shape index (κ2) is 4.67. The number of carboxylic acids is 1. The average molecular weight is 242 g/mol. The van der Waals surface area contributed by atoms with Crippen molar-refractivity contribution in [1.29, 1.82) is 5.26 Å². The first-order chi connectivity index (χ1) is 8.61. The van der Waals surface area contributed by atoms with Crippen molar-refractivity contribution in [2.45, 2.75) is 13.3 Å². The zero-order valence-electron chi connectivity index (χ0n) is 9.66. The Balaban J connectivity index is 2.32. The van der Waals surface area contributed by atoms with E-state index in [9.17, 15) is 4.79 Å². The van der Waals surface area contributed by atoms with E-state index in [2.05, 4.69) is 10.3 Å². The van der Waals surface area contributed by atoms with Crippen LogP contribution in [0.3, 0.4) is 0 Å². The third-order valence-electron chi connectivity index (χ3n) is 2.54. The molecule has 0 unspecified atom stereocenters. The van der Waals surface area contributed by atoms with Crippen LogP contribution in [0.4, 0.5) is 0 Å². The second-order valence-electron chi connectivity index (χ2n) is 3.78. The maximum Gasteiger partial charge on any atom is 0.307 e. The molecule has 0 saturated heterocycles. The minimum atomic E-state index is -0.869. The highest BCUT2D eigenvalue weighted by Crippen LogP contribution is 2.13. The Kier molecular flexibility index (Phi) is 3.06. The molecule has 1 N–H and O–H groups in total. The molecular weight excluding hydrogens is 232 g/mol. The van der Waals surface area contributed by atoms with E-state index in [0.717, 1.165) is 5.69 Å². The summed E-state index contributed by atoms with van der Waals surface area (Å²) in [6.07, 6.45) is -0.0138. The van der Waals surface area contributed by atoms with Crippen LogP contribution in [0.5, 0.6) is 0 Å². The molecule has 6 nitrogen and oxygen atoms in total. The van der Waals surface area contributed by atoms with Crippen LogP contribution < -0.4 is 0 Å². The largest absolute Gasteiger partial charge is 0.481 e. The van der Waals surface area contributed by atoms with Gasteiger partial charge < -0.3 is 5.11 Å². The Labute approximate surface area is 103 Å². The van der Waals surface area contributed by atoms with Gasteiger partial charge in [-0.3, -0.25) is 4.79 Å². The fourth-order valence-corrected chi connectivity index (χ4v) is 1.61. The SMILES string of the molecule is Cc1c(C#N)nnn1-c1ccc(CC(=O)O)cc1. The van der Waals surface area contributed by atoms with Gasteiger partial charge in [0.05, 0.1) is 17.8 Å². The third kappa shape index (κ3) is 2.20. The zero-order chi connectivity index (χ0) is 13.1. The number of rotatable bonds is 3. The highest BCUT2D eigenvalue weighted by molar-refractivity contribution is 5.70. The van der Waals surface area contributed by atoms with Crippen LogP contribution in [0.1, 0.15) is 17.0 Å². The van der Waals surface area contributed by atoms with Gasteiger partial charge in [0.2, 0.25) is 0 Å². The van der Waals surface area contributed by atoms with Crippen LogP contribution in [0.2, 0.25) is 0 Å². The summed E-state index contributed by atoms with van der Waals surface area (Å²) in [4.78, 5) is 10.6. The van der Waals surface area contributed by atoms with E-state index in [-0.39, 0.29) is 12.1 Å². The molecule has 6 heteroatoms. The minimum Gasteiger partial charge on any atom is -0.481 e. The number of hydrogen-bond acceptors (Lipinski definition) is 4. The molecule has 0 spiro atoms. The molecule has 0 aliphatic carbocycles. The minimum absolute atomic E-state index is 0.0138. The van der Waals surface area contributed by atoms with Crippen LogP contribution in [0.25, 0.3) is 5.69 Å². The van der Waals surface area contributed by atoms with Gasteiger partial charge in [0.15, 0.2) is 5.69 Å². The van der Waals surface area contributed by atoms with Crippen molar-refractivity contribution in [1.82, 2.24) is 15.0 Å². The van der Waals surface area contributed by atoms with Crippen LogP contribution in [-0.2, 0) is 11.2 Å². The summed E-state index contributed by atoms with van der Waals surface area (Å²) in [5, 5.41) is 25.1. The number of benzene rings is 1. The molecule has 0 saturated carbocycles. The van der Waals surface area contributed by atoms with Crippen molar-refractivity contribution in [3.8, 4) is 11.8 Å². The number of aliphatic carboxylic acids is 1. The number of aromatic nitrogens is 3. The first-order valence-electron chi connectivity index (χ1n) is 5.25. The molecule has 0 amide bonds. The van der Waals surface area contributed by atoms with E-state index in [1.807, 2.05) is 6.07 Å². The van der Waals surface area contributed by atoms with Gasteiger partial charge in [0.25, 0.3) is 0 Å². The molecule has 0 fully saturated rings. The Morgan fingerprint density at radius 3 is 2.61 bits per heavy atom. The topological polar surface area (TPSA) is 91.8 Å². The van der Waals surface area contributed by atoms with Crippen molar-refractivity contribution in [3.05, 3.63) is 41.2 Å². The van der Waals surface area contributed by atoms with Gasteiger partial charge in [-0.1, -0.05) is 17.3 Å². The maximum atomic E-state index is 10.6. The molecule has 0 radical (unpaired) electrons. The van der Waals surface area contributed by atoms with E-state index < -0.39 is 5.97 Å². The zero-order valence-corrected chi connectivity index (χ0v) is 9.66. The van der Waals surface area contributed by atoms with Crippen molar-refractivity contribution in [2.24, 2.45) is 0 Å². The van der Waals surface area contributed by atoms with Crippen molar-refractivity contribution in [3.63, 3.8) is 0 Å². The molecule has 1 heterocycles. The smallest absolute Gasteiger partial charge is 0.307 e. The number of hydrogen-bond donors (Lipinski definition) is 1. The number of nitrogens with zero attached hydrogens (tertiary/aromatic N) is 4. The summed E-state index contributed by atoms with van der Waals surface area (Å²) >= 11 is 0. The quantitative estimate of drug-likeness (QED) is 0.869. The lowest BCUT2D eigenvalue weighted by molar-refractivity contribution is -0.136. The lowest BCUT2D eigenvalue weighted by atomic mass is 10.1. The van der Waals surface area contributed by atoms with Gasteiger partial charge in [-0.25, -0.2) is 4.68 Å². The number of carbonyl (C=O) groups is 1. The standard InChI is InChI=1S/C12H10N4O2/c1-8-11(7-13)14-15-16(8)10-4-2-9(3-5-10)6-12(17)18/h2-5H,6H2,1H3,(H,17,18). The molecule has 0 atom stereocenters. The lowest BCUT2D eigenvalue weighted by Gasteiger charge is -2.03. The molecule has 2 rings (SSSR count). The molecule has 0 aliphatic heterocycles. The van der Waals surface area contributed by atoms with Gasteiger partial charge >= 0.3 is 5.97 Å². The molecule has 2 aromatic rings. The molecule has 0 aliphatic rings. The van der Waals surface area contributed by atoms with Crippen molar-refractivity contribution in [2.75, 3.05) is 0 Å². The fourth-order valence-electron chi connectivity index (χ4n) is 1.61. The van der Waals surface area contributed by atoms with Gasteiger partial charge in [0.1, 0.15) is 6.07 Å². The van der Waals surface area contributed by atoms with Gasteiger partial charge in [-0.15, -0.1) is 5.10 Å².